The highest BCUT2D eigenvalue weighted by atomic mass is 32.2. The molecule has 3 N–H and O–H groups in total. The Kier molecular flexibility index (Phi) is 6.66. The molecule has 120 valence electrons. The van der Waals surface area contributed by atoms with Gasteiger partial charge in [0.05, 0.1) is 4.90 Å². The van der Waals surface area contributed by atoms with Crippen LogP contribution in [0.2, 0.25) is 0 Å². The first-order valence-corrected chi connectivity index (χ1v) is 8.48. The molecule has 0 fully saturated rings. The summed E-state index contributed by atoms with van der Waals surface area (Å²) in [6.45, 7) is 7.13. The van der Waals surface area contributed by atoms with Gasteiger partial charge in [-0.1, -0.05) is 19.9 Å². The van der Waals surface area contributed by atoms with Crippen LogP contribution in [0.5, 0.6) is 0 Å². The highest BCUT2D eigenvalue weighted by Gasteiger charge is 2.13. The molecular weight excluding hydrogens is 322 g/mol. The van der Waals surface area contributed by atoms with Crippen LogP contribution < -0.4 is 15.4 Å². The molecule has 1 aromatic rings. The fourth-order valence-electron chi connectivity index (χ4n) is 1.39. The van der Waals surface area contributed by atoms with Crippen LogP contribution in [0.1, 0.15) is 13.8 Å². The number of amides is 1. The van der Waals surface area contributed by atoms with Gasteiger partial charge in [0.1, 0.15) is 0 Å². The number of carbonyl (C=O) groups excluding carboxylic acids is 1. The zero-order chi connectivity index (χ0) is 16.8. The third-order valence-electron chi connectivity index (χ3n) is 2.60. The molecule has 0 saturated heterocycles. The fraction of sp³-hybridized carbons (Fsp3) is 0.286. The van der Waals surface area contributed by atoms with Gasteiger partial charge < -0.3 is 10.6 Å². The molecule has 0 atom stereocenters. The van der Waals surface area contributed by atoms with Crippen molar-refractivity contribution in [3.05, 3.63) is 36.9 Å². The molecule has 0 spiro atoms. The number of hydrogen-bond acceptors (Lipinski definition) is 4. The Labute approximate surface area is 136 Å². The van der Waals surface area contributed by atoms with Crippen LogP contribution in [-0.4, -0.2) is 26.0 Å². The summed E-state index contributed by atoms with van der Waals surface area (Å²) in [6, 6.07) is 6.02. The van der Waals surface area contributed by atoms with Crippen molar-refractivity contribution in [1.82, 2.24) is 10.0 Å². The molecule has 6 nitrogen and oxygen atoms in total. The molecule has 1 amide bonds. The monoisotopic (exact) mass is 341 g/mol. The van der Waals surface area contributed by atoms with E-state index in [1.165, 1.54) is 18.2 Å². The first-order chi connectivity index (χ1) is 10.3. The summed E-state index contributed by atoms with van der Waals surface area (Å²) < 4.78 is 26.1. The zero-order valence-electron chi connectivity index (χ0n) is 12.4. The average Bonchev–Trinajstić information content (AvgIpc) is 2.45. The minimum absolute atomic E-state index is 0.136. The van der Waals surface area contributed by atoms with Crippen molar-refractivity contribution in [3.8, 4) is 0 Å². The maximum atomic E-state index is 11.9. The summed E-state index contributed by atoms with van der Waals surface area (Å²) in [6.07, 6.45) is 1.46. The summed E-state index contributed by atoms with van der Waals surface area (Å²) in [5, 5.41) is 5.52. The molecule has 1 rings (SSSR count). The number of benzene rings is 1. The zero-order valence-corrected chi connectivity index (χ0v) is 14.1. The van der Waals surface area contributed by atoms with E-state index < -0.39 is 10.0 Å². The van der Waals surface area contributed by atoms with Crippen molar-refractivity contribution < 1.29 is 13.2 Å². The predicted octanol–water partition coefficient (Wildman–Crippen LogP) is 1.62. The van der Waals surface area contributed by atoms with Gasteiger partial charge in [0.2, 0.25) is 15.9 Å². The SMILES string of the molecule is C=CCNS(=O)(=O)c1ccc(NC(=S)NC(=O)C(C)C)cc1. The highest BCUT2D eigenvalue weighted by Crippen LogP contribution is 2.13. The van der Waals surface area contributed by atoms with E-state index in [2.05, 4.69) is 21.9 Å². The van der Waals surface area contributed by atoms with Gasteiger partial charge in [-0.2, -0.15) is 0 Å². The van der Waals surface area contributed by atoms with Gasteiger partial charge in [0.25, 0.3) is 0 Å². The molecule has 22 heavy (non-hydrogen) atoms. The van der Waals surface area contributed by atoms with Crippen LogP contribution in [-0.2, 0) is 14.8 Å². The molecule has 0 radical (unpaired) electrons. The van der Waals surface area contributed by atoms with Crippen molar-refractivity contribution in [2.24, 2.45) is 5.92 Å². The van der Waals surface area contributed by atoms with E-state index in [0.717, 1.165) is 0 Å². The molecule has 0 aliphatic carbocycles. The first kappa shape index (κ1) is 18.3. The lowest BCUT2D eigenvalue weighted by atomic mass is 10.2. The van der Waals surface area contributed by atoms with Gasteiger partial charge in [0, 0.05) is 18.2 Å². The van der Waals surface area contributed by atoms with Gasteiger partial charge in [-0.25, -0.2) is 13.1 Å². The van der Waals surface area contributed by atoms with Gasteiger partial charge in [-0.05, 0) is 36.5 Å². The Hall–Kier alpha value is -1.77. The van der Waals surface area contributed by atoms with Crippen molar-refractivity contribution >= 4 is 38.9 Å². The largest absolute Gasteiger partial charge is 0.332 e. The van der Waals surface area contributed by atoms with Crippen LogP contribution in [0.4, 0.5) is 5.69 Å². The number of hydrogen-bond donors (Lipinski definition) is 3. The lowest BCUT2D eigenvalue weighted by Gasteiger charge is -2.11. The predicted molar refractivity (Wildman–Crippen MR) is 91.0 cm³/mol. The number of sulfonamides is 1. The molecule has 0 aliphatic heterocycles. The average molecular weight is 341 g/mol. The van der Waals surface area contributed by atoms with E-state index in [1.807, 2.05) is 0 Å². The fourth-order valence-corrected chi connectivity index (χ4v) is 2.60. The van der Waals surface area contributed by atoms with Crippen LogP contribution >= 0.6 is 12.2 Å². The molecule has 0 unspecified atom stereocenters. The number of thiocarbonyl (C=S) groups is 1. The second kappa shape index (κ2) is 8.02. The Bertz CT molecular complexity index is 652. The van der Waals surface area contributed by atoms with Gasteiger partial charge in [-0.3, -0.25) is 4.79 Å². The molecule has 0 bridgehead atoms. The van der Waals surface area contributed by atoms with E-state index in [0.29, 0.717) is 5.69 Å². The molecule has 8 heteroatoms. The van der Waals surface area contributed by atoms with E-state index in [-0.39, 0.29) is 28.4 Å². The van der Waals surface area contributed by atoms with Gasteiger partial charge in [0.15, 0.2) is 5.11 Å². The van der Waals surface area contributed by atoms with Crippen LogP contribution in [0, 0.1) is 5.92 Å². The van der Waals surface area contributed by atoms with Crippen LogP contribution in [0.15, 0.2) is 41.8 Å². The van der Waals surface area contributed by atoms with Crippen molar-refractivity contribution in [2.75, 3.05) is 11.9 Å². The number of nitrogens with one attached hydrogen (secondary N) is 3. The molecule has 1 aromatic carbocycles. The standard InChI is InChI=1S/C14H19N3O3S2/c1-4-9-15-22(19,20)12-7-5-11(6-8-12)16-14(21)17-13(18)10(2)3/h4-8,10,15H,1,9H2,2-3H3,(H2,16,17,18,21). The summed E-state index contributed by atoms with van der Waals surface area (Å²) >= 11 is 5.01. The van der Waals surface area contributed by atoms with Gasteiger partial charge in [-0.15, -0.1) is 6.58 Å². The second-order valence-electron chi connectivity index (χ2n) is 4.76. The van der Waals surface area contributed by atoms with Gasteiger partial charge >= 0.3 is 0 Å². The molecule has 0 aromatic heterocycles. The molecule has 0 saturated carbocycles. The molecule has 0 aliphatic rings. The van der Waals surface area contributed by atoms with Crippen molar-refractivity contribution in [2.45, 2.75) is 18.7 Å². The minimum Gasteiger partial charge on any atom is -0.332 e. The quantitative estimate of drug-likeness (QED) is 0.541. The lowest BCUT2D eigenvalue weighted by molar-refractivity contribution is -0.122. The number of carbonyl (C=O) groups is 1. The van der Waals surface area contributed by atoms with Crippen molar-refractivity contribution in [3.63, 3.8) is 0 Å². The van der Waals surface area contributed by atoms with Crippen LogP contribution in [0.3, 0.4) is 0 Å². The van der Waals surface area contributed by atoms with E-state index in [9.17, 15) is 13.2 Å². The van der Waals surface area contributed by atoms with Crippen molar-refractivity contribution in [1.29, 1.82) is 0 Å². The smallest absolute Gasteiger partial charge is 0.240 e. The Balaban J connectivity index is 2.71. The number of rotatable bonds is 6. The normalized spacial score (nSPS) is 11.0. The third kappa shape index (κ3) is 5.55. The Morgan fingerprint density at radius 1 is 1.32 bits per heavy atom. The lowest BCUT2D eigenvalue weighted by Crippen LogP contribution is -2.36. The topological polar surface area (TPSA) is 87.3 Å². The molecular formula is C14H19N3O3S2. The summed E-state index contributed by atoms with van der Waals surface area (Å²) in [5.74, 6) is -0.367. The van der Waals surface area contributed by atoms with E-state index in [1.54, 1.807) is 26.0 Å². The van der Waals surface area contributed by atoms with E-state index in [4.69, 9.17) is 12.2 Å². The Morgan fingerprint density at radius 2 is 1.91 bits per heavy atom. The third-order valence-corrected chi connectivity index (χ3v) is 4.24. The maximum absolute atomic E-state index is 11.9. The summed E-state index contributed by atoms with van der Waals surface area (Å²) in [7, 11) is -3.55. The highest BCUT2D eigenvalue weighted by molar-refractivity contribution is 7.89. The van der Waals surface area contributed by atoms with Crippen LogP contribution in [0.25, 0.3) is 0 Å². The first-order valence-electron chi connectivity index (χ1n) is 6.58. The Morgan fingerprint density at radius 3 is 2.41 bits per heavy atom. The second-order valence-corrected chi connectivity index (χ2v) is 6.94. The number of anilines is 1. The summed E-state index contributed by atoms with van der Waals surface area (Å²) in [5.41, 5.74) is 0.580. The van der Waals surface area contributed by atoms with E-state index >= 15 is 0 Å². The minimum atomic E-state index is -3.55. The maximum Gasteiger partial charge on any atom is 0.240 e. The molecule has 0 heterocycles. The summed E-state index contributed by atoms with van der Waals surface area (Å²) in [4.78, 5) is 11.6.